The van der Waals surface area contributed by atoms with Gasteiger partial charge in [0.1, 0.15) is 24.1 Å². The fourth-order valence-corrected chi connectivity index (χ4v) is 5.15. The number of phenolic OH excluding ortho intramolecular Hbond substituents is 1. The fourth-order valence-electron chi connectivity index (χ4n) is 3.09. The maximum Gasteiger partial charge on any atom is 0.408 e. The van der Waals surface area contributed by atoms with Crippen LogP contribution in [-0.2, 0) is 22.6 Å². The smallest absolute Gasteiger partial charge is 0.408 e. The third-order valence-electron chi connectivity index (χ3n) is 4.76. The van der Waals surface area contributed by atoms with Crippen LogP contribution < -0.4 is 15.4 Å². The number of phenols is 1. The van der Waals surface area contributed by atoms with E-state index in [2.05, 4.69) is 10.6 Å². The summed E-state index contributed by atoms with van der Waals surface area (Å²) >= 11 is 10.1. The van der Waals surface area contributed by atoms with E-state index in [0.717, 1.165) is 11.1 Å². The van der Waals surface area contributed by atoms with E-state index < -0.39 is 18.0 Å². The van der Waals surface area contributed by atoms with Gasteiger partial charge in [0.15, 0.2) is 0 Å². The van der Waals surface area contributed by atoms with Crippen LogP contribution in [0.2, 0.25) is 5.02 Å². The molecule has 34 heavy (non-hydrogen) atoms. The molecule has 0 spiro atoms. The first-order chi connectivity index (χ1) is 16.3. The number of ether oxygens (including phenoxy) is 2. The Kier molecular flexibility index (Phi) is 9.65. The highest BCUT2D eigenvalue weighted by molar-refractivity contribution is 14.1. The minimum Gasteiger partial charge on any atom is -0.506 e. The molecule has 3 aromatic rings. The number of halogens is 3. The van der Waals surface area contributed by atoms with Crippen molar-refractivity contribution in [1.82, 2.24) is 5.32 Å². The highest BCUT2D eigenvalue weighted by atomic mass is 127. The van der Waals surface area contributed by atoms with Gasteiger partial charge in [0.2, 0.25) is 5.91 Å². The van der Waals surface area contributed by atoms with Crippen molar-refractivity contribution in [1.29, 1.82) is 0 Å². The molecule has 0 saturated carbocycles. The predicted octanol–water partition coefficient (Wildman–Crippen LogP) is 5.74. The minimum absolute atomic E-state index is 0.0676. The normalized spacial score (nSPS) is 11.4. The van der Waals surface area contributed by atoms with Crippen molar-refractivity contribution in [2.75, 3.05) is 12.4 Å². The second-order valence-corrected chi connectivity index (χ2v) is 9.97. The fraction of sp³-hybridized carbons (Fsp3) is 0.167. The van der Waals surface area contributed by atoms with Crippen molar-refractivity contribution in [3.05, 3.63) is 84.0 Å². The number of methoxy groups -OCH3 is 1. The lowest BCUT2D eigenvalue weighted by atomic mass is 10.0. The molecule has 0 aliphatic heterocycles. The molecule has 2 amide bonds. The predicted molar refractivity (Wildman–Crippen MR) is 147 cm³/mol. The molecule has 7 nitrogen and oxygen atoms in total. The third-order valence-corrected chi connectivity index (χ3v) is 6.64. The summed E-state index contributed by atoms with van der Waals surface area (Å²) in [6, 6.07) is 16.6. The molecule has 3 rings (SSSR count). The van der Waals surface area contributed by atoms with Gasteiger partial charge in [-0.05, 0) is 86.6 Å². The summed E-state index contributed by atoms with van der Waals surface area (Å²) in [5, 5.41) is 15.9. The lowest BCUT2D eigenvalue weighted by Gasteiger charge is -2.20. The van der Waals surface area contributed by atoms with Crippen LogP contribution in [0.5, 0.6) is 11.5 Å². The Hall–Kier alpha value is -2.25. The highest BCUT2D eigenvalue weighted by Crippen LogP contribution is 2.29. The van der Waals surface area contributed by atoms with Crippen LogP contribution >= 0.6 is 56.8 Å². The second-order valence-electron chi connectivity index (χ2n) is 7.20. The van der Waals surface area contributed by atoms with E-state index in [-0.39, 0.29) is 18.8 Å². The van der Waals surface area contributed by atoms with E-state index in [0.29, 0.717) is 23.6 Å². The van der Waals surface area contributed by atoms with Gasteiger partial charge in [-0.2, -0.15) is 0 Å². The van der Waals surface area contributed by atoms with Crippen LogP contribution in [-0.4, -0.2) is 30.3 Å². The first kappa shape index (κ1) is 26.4. The molecule has 0 heterocycles. The van der Waals surface area contributed by atoms with Gasteiger partial charge in [-0.3, -0.25) is 4.79 Å². The average Bonchev–Trinajstić information content (AvgIpc) is 2.81. The van der Waals surface area contributed by atoms with Crippen molar-refractivity contribution < 1.29 is 24.2 Å². The molecule has 3 N–H and O–H groups in total. The minimum atomic E-state index is -0.969. The molecule has 3 aromatic carbocycles. The molecule has 0 fully saturated rings. The molecule has 0 aliphatic carbocycles. The van der Waals surface area contributed by atoms with Crippen LogP contribution in [0.25, 0.3) is 0 Å². The Labute approximate surface area is 229 Å². The quantitative estimate of drug-likeness (QED) is 0.260. The van der Waals surface area contributed by atoms with Crippen LogP contribution in [0.4, 0.5) is 10.5 Å². The second kappa shape index (κ2) is 12.5. The number of rotatable bonds is 8. The van der Waals surface area contributed by atoms with E-state index in [1.165, 1.54) is 7.11 Å². The number of alkyl carbamates (subject to hydrolysis) is 1. The molecule has 0 aliphatic rings. The standard InChI is InChI=1S/C24H21ClI2N2O5/c1-33-21-8-7-16(25)12-19(21)28-23(31)20(11-15-9-17(26)22(30)18(27)10-15)29-24(32)34-13-14-5-3-2-4-6-14/h2-10,12,20,30H,11,13H2,1H3,(H,28,31)(H,29,32)/t20-/m1/s1. The zero-order chi connectivity index (χ0) is 24.7. The van der Waals surface area contributed by atoms with Gasteiger partial charge in [0.05, 0.1) is 19.9 Å². The van der Waals surface area contributed by atoms with Crippen LogP contribution in [0, 0.1) is 7.14 Å². The summed E-state index contributed by atoms with van der Waals surface area (Å²) in [4.78, 5) is 25.7. The highest BCUT2D eigenvalue weighted by Gasteiger charge is 2.24. The summed E-state index contributed by atoms with van der Waals surface area (Å²) < 4.78 is 11.9. The number of hydrogen-bond donors (Lipinski definition) is 3. The Bertz CT molecular complexity index is 1150. The largest absolute Gasteiger partial charge is 0.506 e. The Morgan fingerprint density at radius 2 is 1.71 bits per heavy atom. The Morgan fingerprint density at radius 1 is 1.03 bits per heavy atom. The molecule has 1 atom stereocenters. The van der Waals surface area contributed by atoms with Gasteiger partial charge < -0.3 is 25.2 Å². The molecule has 0 bridgehead atoms. The number of carbonyl (C=O) groups excluding carboxylic acids is 2. The Morgan fingerprint density at radius 3 is 2.35 bits per heavy atom. The number of nitrogens with one attached hydrogen (secondary N) is 2. The molecule has 10 heteroatoms. The number of anilines is 1. The summed E-state index contributed by atoms with van der Waals surface area (Å²) in [5.74, 6) is 0.122. The molecule has 0 radical (unpaired) electrons. The van der Waals surface area contributed by atoms with E-state index in [4.69, 9.17) is 21.1 Å². The van der Waals surface area contributed by atoms with Crippen molar-refractivity contribution in [3.8, 4) is 11.5 Å². The molecule has 0 aromatic heterocycles. The van der Waals surface area contributed by atoms with Crippen molar-refractivity contribution in [2.45, 2.75) is 19.1 Å². The number of hydrogen-bond acceptors (Lipinski definition) is 5. The van der Waals surface area contributed by atoms with Gasteiger partial charge in [-0.25, -0.2) is 4.79 Å². The van der Waals surface area contributed by atoms with Crippen molar-refractivity contribution in [3.63, 3.8) is 0 Å². The van der Waals surface area contributed by atoms with E-state index in [1.807, 2.05) is 75.5 Å². The van der Waals surface area contributed by atoms with Gasteiger partial charge in [-0.1, -0.05) is 41.9 Å². The number of amides is 2. The first-order valence-electron chi connectivity index (χ1n) is 10.1. The van der Waals surface area contributed by atoms with Gasteiger partial charge in [0, 0.05) is 11.4 Å². The monoisotopic (exact) mass is 706 g/mol. The zero-order valence-electron chi connectivity index (χ0n) is 18.0. The zero-order valence-corrected chi connectivity index (χ0v) is 23.1. The number of benzene rings is 3. The van der Waals surface area contributed by atoms with E-state index >= 15 is 0 Å². The van der Waals surface area contributed by atoms with Crippen molar-refractivity contribution >= 4 is 74.5 Å². The molecular weight excluding hydrogens is 686 g/mol. The van der Waals surface area contributed by atoms with E-state index in [1.54, 1.807) is 30.3 Å². The third kappa shape index (κ3) is 7.37. The molecular formula is C24H21ClI2N2O5. The SMILES string of the molecule is COc1ccc(Cl)cc1NC(=O)[C@@H](Cc1cc(I)c(O)c(I)c1)NC(=O)OCc1ccccc1. The number of aromatic hydroxyl groups is 1. The molecule has 0 saturated heterocycles. The molecule has 0 unspecified atom stereocenters. The summed E-state index contributed by atoms with van der Waals surface area (Å²) in [7, 11) is 1.48. The lowest BCUT2D eigenvalue weighted by molar-refractivity contribution is -0.118. The molecule has 178 valence electrons. The Balaban J connectivity index is 1.79. The maximum atomic E-state index is 13.2. The van der Waals surface area contributed by atoms with Crippen LogP contribution in [0.15, 0.2) is 60.7 Å². The van der Waals surface area contributed by atoms with Crippen molar-refractivity contribution in [2.24, 2.45) is 0 Å². The van der Waals surface area contributed by atoms with Gasteiger partial charge >= 0.3 is 6.09 Å². The first-order valence-corrected chi connectivity index (χ1v) is 12.6. The summed E-state index contributed by atoms with van der Waals surface area (Å²) in [6.45, 7) is 0.0676. The summed E-state index contributed by atoms with van der Waals surface area (Å²) in [5.41, 5.74) is 1.96. The summed E-state index contributed by atoms with van der Waals surface area (Å²) in [6.07, 6.45) is -0.563. The average molecular weight is 707 g/mol. The lowest BCUT2D eigenvalue weighted by Crippen LogP contribution is -2.45. The van der Waals surface area contributed by atoms with Crippen LogP contribution in [0.3, 0.4) is 0 Å². The van der Waals surface area contributed by atoms with Gasteiger partial charge in [-0.15, -0.1) is 0 Å². The number of carbonyl (C=O) groups is 2. The van der Waals surface area contributed by atoms with Crippen LogP contribution in [0.1, 0.15) is 11.1 Å². The van der Waals surface area contributed by atoms with E-state index in [9.17, 15) is 14.7 Å². The maximum absolute atomic E-state index is 13.2. The van der Waals surface area contributed by atoms with Gasteiger partial charge in [0.25, 0.3) is 0 Å². The topological polar surface area (TPSA) is 96.9 Å².